The van der Waals surface area contributed by atoms with Crippen molar-refractivity contribution in [3.63, 3.8) is 0 Å². The zero-order valence-electron chi connectivity index (χ0n) is 10.00. The van der Waals surface area contributed by atoms with Crippen molar-refractivity contribution in [2.45, 2.75) is 13.0 Å². The van der Waals surface area contributed by atoms with Crippen molar-refractivity contribution in [2.75, 3.05) is 0 Å². The van der Waals surface area contributed by atoms with E-state index in [4.69, 9.17) is 0 Å². The molecular formula is C15H13NOS. The first-order valence-corrected chi connectivity index (χ1v) is 6.71. The smallest absolute Gasteiger partial charge is 0.122 e. The van der Waals surface area contributed by atoms with Crippen LogP contribution in [0.15, 0.2) is 47.8 Å². The third-order valence-corrected chi connectivity index (χ3v) is 3.97. The quantitative estimate of drug-likeness (QED) is 0.757. The average molecular weight is 255 g/mol. The lowest BCUT2D eigenvalue weighted by Gasteiger charge is -2.12. The van der Waals surface area contributed by atoms with E-state index < -0.39 is 6.10 Å². The van der Waals surface area contributed by atoms with E-state index in [1.54, 1.807) is 11.3 Å². The van der Waals surface area contributed by atoms with Gasteiger partial charge in [0.15, 0.2) is 0 Å². The first kappa shape index (κ1) is 11.4. The molecule has 0 spiro atoms. The third kappa shape index (κ3) is 1.92. The summed E-state index contributed by atoms with van der Waals surface area (Å²) in [5.41, 5.74) is 2.56. The fraction of sp³-hybridized carbons (Fsp3) is 0.133. The van der Waals surface area contributed by atoms with Gasteiger partial charge in [-0.1, -0.05) is 24.3 Å². The molecule has 18 heavy (non-hydrogen) atoms. The fourth-order valence-electron chi connectivity index (χ4n) is 2.11. The molecule has 3 rings (SSSR count). The molecule has 2 heterocycles. The van der Waals surface area contributed by atoms with Crippen LogP contribution in [0.4, 0.5) is 0 Å². The number of aromatic nitrogens is 1. The maximum absolute atomic E-state index is 10.5. The van der Waals surface area contributed by atoms with Crippen LogP contribution in [0.25, 0.3) is 10.1 Å². The summed E-state index contributed by atoms with van der Waals surface area (Å²) in [5, 5.41) is 13.7. The highest BCUT2D eigenvalue weighted by atomic mass is 32.1. The van der Waals surface area contributed by atoms with Gasteiger partial charge < -0.3 is 5.11 Å². The monoisotopic (exact) mass is 255 g/mol. The number of nitrogens with zero attached hydrogens (tertiary/aromatic N) is 1. The largest absolute Gasteiger partial charge is 0.382 e. The molecule has 2 aromatic heterocycles. The number of aliphatic hydroxyl groups excluding tert-OH is 1. The molecule has 1 unspecified atom stereocenters. The van der Waals surface area contributed by atoms with Crippen molar-refractivity contribution in [2.24, 2.45) is 0 Å². The van der Waals surface area contributed by atoms with Crippen LogP contribution >= 0.6 is 11.3 Å². The minimum absolute atomic E-state index is 0.660. The van der Waals surface area contributed by atoms with E-state index in [9.17, 15) is 5.11 Å². The van der Waals surface area contributed by atoms with Gasteiger partial charge in [0.1, 0.15) is 6.10 Å². The van der Waals surface area contributed by atoms with Crippen LogP contribution in [-0.4, -0.2) is 10.1 Å². The number of hydrogen-bond acceptors (Lipinski definition) is 3. The van der Waals surface area contributed by atoms with Crippen molar-refractivity contribution < 1.29 is 5.11 Å². The number of fused-ring (bicyclic) bond motifs is 1. The number of hydrogen-bond donors (Lipinski definition) is 1. The zero-order chi connectivity index (χ0) is 12.5. The molecule has 2 nitrogen and oxygen atoms in total. The number of rotatable bonds is 2. The van der Waals surface area contributed by atoms with Gasteiger partial charge in [0.05, 0.1) is 5.69 Å². The standard InChI is InChI=1S/C15H13NOS/c1-10-4-2-7-13(16-10)14(17)12-6-3-5-11-8-9-18-15(11)12/h2-9,14,17H,1H3. The van der Waals surface area contributed by atoms with Crippen LogP contribution < -0.4 is 0 Å². The van der Waals surface area contributed by atoms with Crippen molar-refractivity contribution in [3.8, 4) is 0 Å². The molecule has 1 atom stereocenters. The Labute approximate surface area is 110 Å². The third-order valence-electron chi connectivity index (χ3n) is 2.99. The van der Waals surface area contributed by atoms with Gasteiger partial charge >= 0.3 is 0 Å². The molecule has 3 aromatic rings. The Morgan fingerprint density at radius 1 is 1.11 bits per heavy atom. The van der Waals surface area contributed by atoms with E-state index in [2.05, 4.69) is 17.1 Å². The van der Waals surface area contributed by atoms with E-state index in [0.29, 0.717) is 5.69 Å². The number of benzene rings is 1. The Hall–Kier alpha value is -1.71. The number of aliphatic hydroxyl groups is 1. The van der Waals surface area contributed by atoms with Gasteiger partial charge in [-0.05, 0) is 35.9 Å². The van der Waals surface area contributed by atoms with Crippen LogP contribution in [0.3, 0.4) is 0 Å². The molecule has 3 heteroatoms. The summed E-state index contributed by atoms with van der Waals surface area (Å²) in [7, 11) is 0. The molecule has 0 fully saturated rings. The molecule has 0 saturated carbocycles. The second-order valence-corrected chi connectivity index (χ2v) is 5.21. The van der Waals surface area contributed by atoms with E-state index in [-0.39, 0.29) is 0 Å². The number of pyridine rings is 1. The van der Waals surface area contributed by atoms with Crippen LogP contribution in [0.1, 0.15) is 23.1 Å². The highest BCUT2D eigenvalue weighted by Gasteiger charge is 2.15. The molecule has 1 N–H and O–H groups in total. The molecule has 0 aliphatic carbocycles. The summed E-state index contributed by atoms with van der Waals surface area (Å²) in [6.07, 6.45) is -0.660. The Morgan fingerprint density at radius 2 is 1.94 bits per heavy atom. The Kier molecular flexibility index (Phi) is 2.86. The van der Waals surface area contributed by atoms with Gasteiger partial charge in [-0.3, -0.25) is 4.98 Å². The van der Waals surface area contributed by atoms with Crippen molar-refractivity contribution in [1.29, 1.82) is 0 Å². The Morgan fingerprint density at radius 3 is 2.78 bits per heavy atom. The SMILES string of the molecule is Cc1cccc(C(O)c2cccc3ccsc23)n1. The summed E-state index contributed by atoms with van der Waals surface area (Å²) in [5.74, 6) is 0. The summed E-state index contributed by atoms with van der Waals surface area (Å²) < 4.78 is 1.13. The summed E-state index contributed by atoms with van der Waals surface area (Å²) >= 11 is 1.65. The maximum Gasteiger partial charge on any atom is 0.122 e. The molecule has 0 saturated heterocycles. The lowest BCUT2D eigenvalue weighted by molar-refractivity contribution is 0.217. The Bertz CT molecular complexity index is 690. The molecule has 0 aliphatic rings. The average Bonchev–Trinajstić information content (AvgIpc) is 2.86. The fourth-order valence-corrected chi connectivity index (χ4v) is 3.05. The van der Waals surface area contributed by atoms with Gasteiger partial charge in [0.2, 0.25) is 0 Å². The maximum atomic E-state index is 10.5. The van der Waals surface area contributed by atoms with Crippen molar-refractivity contribution in [1.82, 2.24) is 4.98 Å². The van der Waals surface area contributed by atoms with E-state index in [1.807, 2.05) is 42.6 Å². The molecule has 0 amide bonds. The molecule has 1 aromatic carbocycles. The first-order chi connectivity index (χ1) is 8.75. The number of thiophene rings is 1. The number of aryl methyl sites for hydroxylation is 1. The second-order valence-electron chi connectivity index (χ2n) is 4.29. The summed E-state index contributed by atoms with van der Waals surface area (Å²) in [4.78, 5) is 4.40. The summed E-state index contributed by atoms with van der Waals surface area (Å²) in [6, 6.07) is 13.8. The minimum atomic E-state index is -0.660. The van der Waals surface area contributed by atoms with E-state index >= 15 is 0 Å². The lowest BCUT2D eigenvalue weighted by Crippen LogP contribution is -2.03. The van der Waals surface area contributed by atoms with Crippen molar-refractivity contribution >= 4 is 21.4 Å². The topological polar surface area (TPSA) is 33.1 Å². The molecule has 0 bridgehead atoms. The van der Waals surface area contributed by atoms with Crippen LogP contribution in [0, 0.1) is 6.92 Å². The van der Waals surface area contributed by atoms with E-state index in [0.717, 1.165) is 16.0 Å². The molecule has 0 radical (unpaired) electrons. The predicted molar refractivity (Wildman–Crippen MR) is 74.9 cm³/mol. The Balaban J connectivity index is 2.12. The second kappa shape index (κ2) is 4.52. The van der Waals surface area contributed by atoms with E-state index in [1.165, 1.54) is 5.39 Å². The van der Waals surface area contributed by atoms with Gasteiger partial charge in [-0.25, -0.2) is 0 Å². The highest BCUT2D eigenvalue weighted by Crippen LogP contribution is 2.31. The highest BCUT2D eigenvalue weighted by molar-refractivity contribution is 7.17. The van der Waals surface area contributed by atoms with Gasteiger partial charge in [-0.2, -0.15) is 0 Å². The lowest BCUT2D eigenvalue weighted by atomic mass is 10.0. The minimum Gasteiger partial charge on any atom is -0.382 e. The molecular weight excluding hydrogens is 242 g/mol. The zero-order valence-corrected chi connectivity index (χ0v) is 10.8. The van der Waals surface area contributed by atoms with Gasteiger partial charge in [0, 0.05) is 16.0 Å². The molecule has 90 valence electrons. The molecule has 0 aliphatic heterocycles. The predicted octanol–water partition coefficient (Wildman–Crippen LogP) is 3.69. The van der Waals surface area contributed by atoms with Gasteiger partial charge in [-0.15, -0.1) is 11.3 Å². The van der Waals surface area contributed by atoms with Crippen molar-refractivity contribution in [3.05, 3.63) is 64.8 Å². The normalized spacial score (nSPS) is 12.8. The summed E-state index contributed by atoms with van der Waals surface area (Å²) in [6.45, 7) is 1.93. The van der Waals surface area contributed by atoms with Crippen LogP contribution in [0.5, 0.6) is 0 Å². The first-order valence-electron chi connectivity index (χ1n) is 5.83. The van der Waals surface area contributed by atoms with Crippen LogP contribution in [0.2, 0.25) is 0 Å². The van der Waals surface area contributed by atoms with Crippen LogP contribution in [-0.2, 0) is 0 Å². The van der Waals surface area contributed by atoms with Gasteiger partial charge in [0.25, 0.3) is 0 Å².